The van der Waals surface area contributed by atoms with E-state index in [4.69, 9.17) is 0 Å². The molecule has 98 valence electrons. The zero-order valence-corrected chi connectivity index (χ0v) is 10.8. The van der Waals surface area contributed by atoms with Crippen LogP contribution in [0.4, 0.5) is 4.39 Å². The molecular formula is C16H16FNO. The maximum absolute atomic E-state index is 13.1. The SMILES string of the molecule is CCN(Cc1cccc(F)c1)C(=O)c1ccccc1. The fourth-order valence-corrected chi connectivity index (χ4v) is 1.95. The number of benzene rings is 2. The number of amides is 1. The predicted octanol–water partition coefficient (Wildman–Crippen LogP) is 3.49. The molecule has 0 spiro atoms. The van der Waals surface area contributed by atoms with E-state index in [1.54, 1.807) is 23.1 Å². The summed E-state index contributed by atoms with van der Waals surface area (Å²) in [6.07, 6.45) is 0. The molecule has 0 unspecified atom stereocenters. The molecule has 0 atom stereocenters. The quantitative estimate of drug-likeness (QED) is 0.821. The summed E-state index contributed by atoms with van der Waals surface area (Å²) in [5, 5.41) is 0. The number of carbonyl (C=O) groups is 1. The Labute approximate surface area is 112 Å². The molecule has 1 amide bonds. The molecule has 0 aliphatic heterocycles. The van der Waals surface area contributed by atoms with Crippen LogP contribution in [0.1, 0.15) is 22.8 Å². The lowest BCUT2D eigenvalue weighted by Crippen LogP contribution is -2.30. The minimum Gasteiger partial charge on any atom is -0.335 e. The number of hydrogen-bond acceptors (Lipinski definition) is 1. The van der Waals surface area contributed by atoms with Gasteiger partial charge >= 0.3 is 0 Å². The van der Waals surface area contributed by atoms with E-state index in [-0.39, 0.29) is 11.7 Å². The topological polar surface area (TPSA) is 20.3 Å². The lowest BCUT2D eigenvalue weighted by molar-refractivity contribution is 0.0752. The molecular weight excluding hydrogens is 241 g/mol. The Kier molecular flexibility index (Phi) is 4.29. The average molecular weight is 257 g/mol. The van der Waals surface area contributed by atoms with E-state index in [0.717, 1.165) is 5.56 Å². The number of rotatable bonds is 4. The summed E-state index contributed by atoms with van der Waals surface area (Å²) in [4.78, 5) is 14.0. The van der Waals surface area contributed by atoms with Crippen LogP contribution in [-0.4, -0.2) is 17.4 Å². The second kappa shape index (κ2) is 6.14. The number of hydrogen-bond donors (Lipinski definition) is 0. The van der Waals surface area contributed by atoms with E-state index in [1.165, 1.54) is 12.1 Å². The van der Waals surface area contributed by atoms with Crippen LogP contribution >= 0.6 is 0 Å². The molecule has 0 heterocycles. The summed E-state index contributed by atoms with van der Waals surface area (Å²) < 4.78 is 13.1. The van der Waals surface area contributed by atoms with Crippen molar-refractivity contribution in [2.75, 3.05) is 6.54 Å². The molecule has 0 radical (unpaired) electrons. The molecule has 2 aromatic rings. The molecule has 0 bridgehead atoms. The second-order valence-electron chi connectivity index (χ2n) is 4.32. The molecule has 2 aromatic carbocycles. The molecule has 2 nitrogen and oxygen atoms in total. The lowest BCUT2D eigenvalue weighted by Gasteiger charge is -2.21. The van der Waals surface area contributed by atoms with Gasteiger partial charge in [-0.2, -0.15) is 0 Å². The third kappa shape index (κ3) is 3.41. The minimum atomic E-state index is -0.277. The maximum atomic E-state index is 13.1. The zero-order chi connectivity index (χ0) is 13.7. The van der Waals surface area contributed by atoms with E-state index in [0.29, 0.717) is 18.7 Å². The van der Waals surface area contributed by atoms with Gasteiger partial charge in [0.1, 0.15) is 5.82 Å². The van der Waals surface area contributed by atoms with Gasteiger partial charge < -0.3 is 4.90 Å². The van der Waals surface area contributed by atoms with Crippen molar-refractivity contribution in [1.82, 2.24) is 4.90 Å². The van der Waals surface area contributed by atoms with Crippen molar-refractivity contribution >= 4 is 5.91 Å². The van der Waals surface area contributed by atoms with Crippen molar-refractivity contribution in [3.63, 3.8) is 0 Å². The van der Waals surface area contributed by atoms with Crippen LogP contribution in [0.2, 0.25) is 0 Å². The molecule has 0 saturated carbocycles. The van der Waals surface area contributed by atoms with Gasteiger partial charge in [0.2, 0.25) is 0 Å². The normalized spacial score (nSPS) is 10.2. The molecule has 19 heavy (non-hydrogen) atoms. The summed E-state index contributed by atoms with van der Waals surface area (Å²) >= 11 is 0. The van der Waals surface area contributed by atoms with Gasteiger partial charge in [-0.15, -0.1) is 0 Å². The van der Waals surface area contributed by atoms with E-state index in [9.17, 15) is 9.18 Å². The van der Waals surface area contributed by atoms with Gasteiger partial charge in [-0.05, 0) is 36.8 Å². The Morgan fingerprint density at radius 2 is 1.84 bits per heavy atom. The van der Waals surface area contributed by atoms with Gasteiger partial charge in [-0.1, -0.05) is 30.3 Å². The lowest BCUT2D eigenvalue weighted by atomic mass is 10.1. The highest BCUT2D eigenvalue weighted by Gasteiger charge is 2.14. The van der Waals surface area contributed by atoms with Gasteiger partial charge in [-0.25, -0.2) is 4.39 Å². The summed E-state index contributed by atoms with van der Waals surface area (Å²) in [5.74, 6) is -0.312. The third-order valence-electron chi connectivity index (χ3n) is 2.95. The highest BCUT2D eigenvalue weighted by atomic mass is 19.1. The Hall–Kier alpha value is -2.16. The first-order valence-electron chi connectivity index (χ1n) is 6.29. The van der Waals surface area contributed by atoms with Crippen LogP contribution in [0.3, 0.4) is 0 Å². The van der Waals surface area contributed by atoms with E-state index >= 15 is 0 Å². The molecule has 2 rings (SSSR count). The standard InChI is InChI=1S/C16H16FNO/c1-2-18(12-13-7-6-10-15(17)11-13)16(19)14-8-4-3-5-9-14/h3-11H,2,12H2,1H3. The van der Waals surface area contributed by atoms with Crippen molar-refractivity contribution < 1.29 is 9.18 Å². The van der Waals surface area contributed by atoms with Crippen LogP contribution in [0.25, 0.3) is 0 Å². The summed E-state index contributed by atoms with van der Waals surface area (Å²) in [7, 11) is 0. The first-order chi connectivity index (χ1) is 9.20. The summed E-state index contributed by atoms with van der Waals surface area (Å²) in [6, 6.07) is 15.5. The number of carbonyl (C=O) groups excluding carboxylic acids is 1. The first-order valence-corrected chi connectivity index (χ1v) is 6.29. The molecule has 3 heteroatoms. The van der Waals surface area contributed by atoms with E-state index in [2.05, 4.69) is 0 Å². The monoisotopic (exact) mass is 257 g/mol. The average Bonchev–Trinajstić information content (AvgIpc) is 2.45. The van der Waals surface area contributed by atoms with Crippen LogP contribution in [0.15, 0.2) is 54.6 Å². The molecule has 0 aliphatic carbocycles. The van der Waals surface area contributed by atoms with Crippen molar-refractivity contribution in [2.24, 2.45) is 0 Å². The van der Waals surface area contributed by atoms with Crippen LogP contribution in [0.5, 0.6) is 0 Å². The van der Waals surface area contributed by atoms with Crippen molar-refractivity contribution in [3.8, 4) is 0 Å². The van der Waals surface area contributed by atoms with E-state index < -0.39 is 0 Å². The van der Waals surface area contributed by atoms with Gasteiger partial charge in [-0.3, -0.25) is 4.79 Å². The second-order valence-corrected chi connectivity index (χ2v) is 4.32. The van der Waals surface area contributed by atoms with Crippen LogP contribution < -0.4 is 0 Å². The first kappa shape index (κ1) is 13.3. The third-order valence-corrected chi connectivity index (χ3v) is 2.95. The molecule has 0 aliphatic rings. The highest BCUT2D eigenvalue weighted by molar-refractivity contribution is 5.94. The smallest absolute Gasteiger partial charge is 0.254 e. The van der Waals surface area contributed by atoms with Crippen molar-refractivity contribution in [2.45, 2.75) is 13.5 Å². The van der Waals surface area contributed by atoms with Gasteiger partial charge in [0.15, 0.2) is 0 Å². The summed E-state index contributed by atoms with van der Waals surface area (Å²) in [5.41, 5.74) is 1.45. The molecule has 0 fully saturated rings. The fourth-order valence-electron chi connectivity index (χ4n) is 1.95. The van der Waals surface area contributed by atoms with Crippen LogP contribution in [0, 0.1) is 5.82 Å². The predicted molar refractivity (Wildman–Crippen MR) is 73.3 cm³/mol. The Morgan fingerprint density at radius 1 is 1.11 bits per heavy atom. The van der Waals surface area contributed by atoms with Crippen LogP contribution in [-0.2, 0) is 6.54 Å². The zero-order valence-electron chi connectivity index (χ0n) is 10.8. The molecule has 0 N–H and O–H groups in total. The minimum absolute atomic E-state index is 0.0349. The van der Waals surface area contributed by atoms with Gasteiger partial charge in [0.25, 0.3) is 5.91 Å². The number of halogens is 1. The summed E-state index contributed by atoms with van der Waals surface area (Å²) in [6.45, 7) is 2.92. The fraction of sp³-hybridized carbons (Fsp3) is 0.188. The van der Waals surface area contributed by atoms with E-state index in [1.807, 2.05) is 31.2 Å². The number of nitrogens with zero attached hydrogens (tertiary/aromatic N) is 1. The van der Waals surface area contributed by atoms with Gasteiger partial charge in [0.05, 0.1) is 0 Å². The van der Waals surface area contributed by atoms with Crippen molar-refractivity contribution in [1.29, 1.82) is 0 Å². The van der Waals surface area contributed by atoms with Gasteiger partial charge in [0, 0.05) is 18.7 Å². The van der Waals surface area contributed by atoms with Crippen molar-refractivity contribution in [3.05, 3.63) is 71.5 Å². The largest absolute Gasteiger partial charge is 0.335 e. The molecule has 0 aromatic heterocycles. The maximum Gasteiger partial charge on any atom is 0.254 e. The Morgan fingerprint density at radius 3 is 2.47 bits per heavy atom. The molecule has 0 saturated heterocycles. The Bertz CT molecular complexity index is 554. The Balaban J connectivity index is 2.15. The highest BCUT2D eigenvalue weighted by Crippen LogP contribution is 2.11.